The second-order valence-corrected chi connectivity index (χ2v) is 5.10. The summed E-state index contributed by atoms with van der Waals surface area (Å²) >= 11 is 6.03. The zero-order valence-corrected chi connectivity index (χ0v) is 11.4. The van der Waals surface area contributed by atoms with Gasteiger partial charge in [0.1, 0.15) is 0 Å². The van der Waals surface area contributed by atoms with Crippen molar-refractivity contribution in [1.29, 1.82) is 0 Å². The molecular formula is C14H20ClNO. The van der Waals surface area contributed by atoms with Crippen LogP contribution in [0.2, 0.25) is 5.02 Å². The Labute approximate surface area is 108 Å². The van der Waals surface area contributed by atoms with Crippen LogP contribution < -0.4 is 5.32 Å². The van der Waals surface area contributed by atoms with Crippen LogP contribution in [0, 0.1) is 5.92 Å². The lowest BCUT2D eigenvalue weighted by atomic mass is 10.1. The van der Waals surface area contributed by atoms with Crippen molar-refractivity contribution >= 4 is 17.5 Å². The smallest absolute Gasteiger partial charge is 0.220 e. The molecule has 3 heteroatoms. The van der Waals surface area contributed by atoms with E-state index in [1.807, 2.05) is 31.2 Å². The molecule has 0 aliphatic heterocycles. The summed E-state index contributed by atoms with van der Waals surface area (Å²) in [6.45, 7) is 6.22. The van der Waals surface area contributed by atoms with E-state index in [0.717, 1.165) is 10.6 Å². The molecule has 0 aliphatic rings. The fraction of sp³-hybridized carbons (Fsp3) is 0.500. The summed E-state index contributed by atoms with van der Waals surface area (Å²) < 4.78 is 0. The van der Waals surface area contributed by atoms with Crippen LogP contribution in [0.1, 0.15) is 32.8 Å². The third-order valence-corrected chi connectivity index (χ3v) is 3.34. The fourth-order valence-corrected chi connectivity index (χ4v) is 1.67. The number of hydrogen-bond acceptors (Lipinski definition) is 1. The molecule has 1 aromatic rings. The molecule has 0 saturated carbocycles. The van der Waals surface area contributed by atoms with E-state index in [0.29, 0.717) is 18.8 Å². The second kappa shape index (κ2) is 6.65. The largest absolute Gasteiger partial charge is 0.353 e. The highest BCUT2D eigenvalue weighted by atomic mass is 35.5. The lowest BCUT2D eigenvalue weighted by molar-refractivity contribution is -0.121. The number of carbonyl (C=O) groups is 1. The fourth-order valence-electron chi connectivity index (χ4n) is 1.44. The number of benzene rings is 1. The monoisotopic (exact) mass is 253 g/mol. The van der Waals surface area contributed by atoms with Crippen LogP contribution in [0.3, 0.4) is 0 Å². The molecule has 0 aliphatic carbocycles. The van der Waals surface area contributed by atoms with Crippen molar-refractivity contribution < 1.29 is 4.79 Å². The van der Waals surface area contributed by atoms with Crippen molar-refractivity contribution in [2.45, 2.75) is 39.7 Å². The van der Waals surface area contributed by atoms with Crippen LogP contribution in [0.5, 0.6) is 0 Å². The standard InChI is InChI=1S/C14H20ClNO/c1-10(2)11(3)16-14(17)9-8-12-6-4-5-7-13(12)15/h4-7,10-11H,8-9H2,1-3H3,(H,16,17). The van der Waals surface area contributed by atoms with Crippen molar-refractivity contribution in [2.24, 2.45) is 5.92 Å². The van der Waals surface area contributed by atoms with Crippen molar-refractivity contribution in [3.8, 4) is 0 Å². The molecule has 0 saturated heterocycles. The zero-order chi connectivity index (χ0) is 12.8. The maximum Gasteiger partial charge on any atom is 0.220 e. The van der Waals surface area contributed by atoms with E-state index in [1.54, 1.807) is 0 Å². The van der Waals surface area contributed by atoms with Gasteiger partial charge in [-0.05, 0) is 30.9 Å². The summed E-state index contributed by atoms with van der Waals surface area (Å²) in [6, 6.07) is 7.86. The molecule has 1 rings (SSSR count). The Kier molecular flexibility index (Phi) is 5.49. The SMILES string of the molecule is CC(C)C(C)NC(=O)CCc1ccccc1Cl. The highest BCUT2D eigenvalue weighted by Crippen LogP contribution is 2.16. The number of carbonyl (C=O) groups excluding carboxylic acids is 1. The summed E-state index contributed by atoms with van der Waals surface area (Å²) in [5.74, 6) is 0.547. The van der Waals surface area contributed by atoms with Crippen LogP contribution in [0.4, 0.5) is 0 Å². The number of nitrogens with one attached hydrogen (secondary N) is 1. The molecule has 0 radical (unpaired) electrons. The molecule has 1 aromatic carbocycles. The van der Waals surface area contributed by atoms with E-state index in [-0.39, 0.29) is 11.9 Å². The van der Waals surface area contributed by atoms with Crippen LogP contribution >= 0.6 is 11.6 Å². The number of aryl methyl sites for hydroxylation is 1. The molecule has 0 heterocycles. The Balaban J connectivity index is 2.41. The van der Waals surface area contributed by atoms with Gasteiger partial charge < -0.3 is 5.32 Å². The van der Waals surface area contributed by atoms with Crippen LogP contribution in [-0.4, -0.2) is 11.9 Å². The Morgan fingerprint density at radius 1 is 1.29 bits per heavy atom. The summed E-state index contributed by atoms with van der Waals surface area (Å²) in [5, 5.41) is 3.72. The molecule has 1 amide bonds. The average Bonchev–Trinajstić information content (AvgIpc) is 2.27. The van der Waals surface area contributed by atoms with Gasteiger partial charge in [-0.1, -0.05) is 43.6 Å². The zero-order valence-electron chi connectivity index (χ0n) is 10.7. The second-order valence-electron chi connectivity index (χ2n) is 4.69. The van der Waals surface area contributed by atoms with Gasteiger partial charge in [0, 0.05) is 17.5 Å². The summed E-state index contributed by atoms with van der Waals surface area (Å²) in [5.41, 5.74) is 1.03. The minimum absolute atomic E-state index is 0.0890. The third-order valence-electron chi connectivity index (χ3n) is 2.97. The van der Waals surface area contributed by atoms with Gasteiger partial charge in [0.2, 0.25) is 5.91 Å². The van der Waals surface area contributed by atoms with Crippen molar-refractivity contribution in [3.63, 3.8) is 0 Å². The minimum atomic E-state index is 0.0890. The molecule has 0 fully saturated rings. The van der Waals surface area contributed by atoms with Gasteiger partial charge in [0.25, 0.3) is 0 Å². The van der Waals surface area contributed by atoms with Gasteiger partial charge in [0.05, 0.1) is 0 Å². The third kappa shape index (κ3) is 4.78. The Bertz CT molecular complexity index is 376. The molecule has 1 N–H and O–H groups in total. The maximum atomic E-state index is 11.7. The van der Waals surface area contributed by atoms with Crippen LogP contribution in [0.15, 0.2) is 24.3 Å². The molecule has 1 atom stereocenters. The van der Waals surface area contributed by atoms with Gasteiger partial charge in [-0.3, -0.25) is 4.79 Å². The summed E-state index contributed by atoms with van der Waals surface area (Å²) in [6.07, 6.45) is 1.18. The van der Waals surface area contributed by atoms with E-state index in [9.17, 15) is 4.79 Å². The molecule has 0 spiro atoms. The molecule has 17 heavy (non-hydrogen) atoms. The highest BCUT2D eigenvalue weighted by Gasteiger charge is 2.11. The number of amides is 1. The first-order valence-electron chi connectivity index (χ1n) is 6.03. The molecule has 0 aromatic heterocycles. The quantitative estimate of drug-likeness (QED) is 0.856. The average molecular weight is 254 g/mol. The first-order valence-corrected chi connectivity index (χ1v) is 6.41. The first kappa shape index (κ1) is 14.0. The van der Waals surface area contributed by atoms with E-state index >= 15 is 0 Å². The normalized spacial score (nSPS) is 12.5. The van der Waals surface area contributed by atoms with Gasteiger partial charge in [-0.15, -0.1) is 0 Å². The van der Waals surface area contributed by atoms with E-state index in [1.165, 1.54) is 0 Å². The van der Waals surface area contributed by atoms with Gasteiger partial charge in [-0.2, -0.15) is 0 Å². The summed E-state index contributed by atoms with van der Waals surface area (Å²) in [4.78, 5) is 11.7. The van der Waals surface area contributed by atoms with E-state index in [4.69, 9.17) is 11.6 Å². The van der Waals surface area contributed by atoms with Crippen molar-refractivity contribution in [2.75, 3.05) is 0 Å². The Morgan fingerprint density at radius 2 is 1.94 bits per heavy atom. The minimum Gasteiger partial charge on any atom is -0.353 e. The van der Waals surface area contributed by atoms with Gasteiger partial charge in [-0.25, -0.2) is 0 Å². The van der Waals surface area contributed by atoms with Crippen molar-refractivity contribution in [1.82, 2.24) is 5.32 Å². The molecule has 1 unspecified atom stereocenters. The number of rotatable bonds is 5. The lowest BCUT2D eigenvalue weighted by Gasteiger charge is -2.17. The number of hydrogen-bond donors (Lipinski definition) is 1. The first-order chi connectivity index (χ1) is 8.00. The molecular weight excluding hydrogens is 234 g/mol. The molecule has 94 valence electrons. The van der Waals surface area contributed by atoms with Gasteiger partial charge >= 0.3 is 0 Å². The van der Waals surface area contributed by atoms with Crippen molar-refractivity contribution in [3.05, 3.63) is 34.9 Å². The lowest BCUT2D eigenvalue weighted by Crippen LogP contribution is -2.36. The Morgan fingerprint density at radius 3 is 2.53 bits per heavy atom. The van der Waals surface area contributed by atoms with E-state index < -0.39 is 0 Å². The highest BCUT2D eigenvalue weighted by molar-refractivity contribution is 6.31. The maximum absolute atomic E-state index is 11.7. The topological polar surface area (TPSA) is 29.1 Å². The number of halogens is 1. The predicted molar refractivity (Wildman–Crippen MR) is 72.2 cm³/mol. The Hall–Kier alpha value is -1.02. The van der Waals surface area contributed by atoms with Crippen LogP contribution in [-0.2, 0) is 11.2 Å². The molecule has 0 bridgehead atoms. The predicted octanol–water partition coefficient (Wildman–Crippen LogP) is 3.43. The summed E-state index contributed by atoms with van der Waals surface area (Å²) in [7, 11) is 0. The molecule has 2 nitrogen and oxygen atoms in total. The van der Waals surface area contributed by atoms with Gasteiger partial charge in [0.15, 0.2) is 0 Å². The van der Waals surface area contributed by atoms with Crippen LogP contribution in [0.25, 0.3) is 0 Å². The van der Waals surface area contributed by atoms with E-state index in [2.05, 4.69) is 19.2 Å².